The Bertz CT molecular complexity index is 843. The molecule has 0 unspecified atom stereocenters. The third kappa shape index (κ3) is 7.37. The zero-order valence-electron chi connectivity index (χ0n) is 16.8. The van der Waals surface area contributed by atoms with Crippen molar-refractivity contribution in [1.29, 1.82) is 0 Å². The van der Waals surface area contributed by atoms with Crippen LogP contribution in [-0.4, -0.2) is 16.9 Å². The number of Topliss-reactive ketones (excluding diaryl/α,β-unsaturated/α-hetero) is 1. The SMILES string of the molecule is CC(C)C[C@@H](C)C(=O)Cc1ccc(COC(=O)Oc2ccc([N+](=O)[O-])cc2)cc1. The number of ketones is 1. The summed E-state index contributed by atoms with van der Waals surface area (Å²) >= 11 is 0. The van der Waals surface area contributed by atoms with Crippen molar-refractivity contribution in [3.05, 3.63) is 69.8 Å². The monoisotopic (exact) mass is 399 g/mol. The second-order valence-electron chi connectivity index (χ2n) is 7.38. The van der Waals surface area contributed by atoms with E-state index < -0.39 is 11.1 Å². The minimum atomic E-state index is -0.902. The van der Waals surface area contributed by atoms with Gasteiger partial charge in [0.25, 0.3) is 5.69 Å². The molecule has 0 radical (unpaired) electrons. The predicted molar refractivity (Wildman–Crippen MR) is 108 cm³/mol. The molecule has 0 fully saturated rings. The summed E-state index contributed by atoms with van der Waals surface area (Å²) in [6, 6.07) is 12.4. The van der Waals surface area contributed by atoms with Crippen LogP contribution in [0.15, 0.2) is 48.5 Å². The highest BCUT2D eigenvalue weighted by Crippen LogP contribution is 2.18. The maximum Gasteiger partial charge on any atom is 0.514 e. The Balaban J connectivity index is 1.81. The Labute approximate surface area is 169 Å². The number of benzene rings is 2. The number of nitro benzene ring substituents is 1. The van der Waals surface area contributed by atoms with Crippen LogP contribution in [0.25, 0.3) is 0 Å². The summed E-state index contributed by atoms with van der Waals surface area (Å²) in [7, 11) is 0. The summed E-state index contributed by atoms with van der Waals surface area (Å²) < 4.78 is 10.0. The van der Waals surface area contributed by atoms with Crippen molar-refractivity contribution in [2.45, 2.75) is 40.2 Å². The molecule has 0 aliphatic carbocycles. The minimum Gasteiger partial charge on any atom is -0.429 e. The molecule has 2 aromatic rings. The quantitative estimate of drug-likeness (QED) is 0.252. The molecular formula is C22H25NO6. The second-order valence-corrected chi connectivity index (χ2v) is 7.38. The van der Waals surface area contributed by atoms with Crippen molar-refractivity contribution in [1.82, 2.24) is 0 Å². The maximum absolute atomic E-state index is 12.3. The average Bonchev–Trinajstić information content (AvgIpc) is 2.67. The summed E-state index contributed by atoms with van der Waals surface area (Å²) in [6.07, 6.45) is 0.361. The average molecular weight is 399 g/mol. The van der Waals surface area contributed by atoms with Crippen LogP contribution in [0.4, 0.5) is 10.5 Å². The second kappa shape index (κ2) is 10.4. The van der Waals surface area contributed by atoms with E-state index in [9.17, 15) is 19.7 Å². The molecule has 0 aliphatic heterocycles. The van der Waals surface area contributed by atoms with E-state index in [1.807, 2.05) is 19.1 Å². The normalized spacial score (nSPS) is 11.7. The van der Waals surface area contributed by atoms with Gasteiger partial charge in [-0.25, -0.2) is 4.79 Å². The van der Waals surface area contributed by atoms with Gasteiger partial charge in [-0.2, -0.15) is 0 Å². The van der Waals surface area contributed by atoms with Gasteiger partial charge in [-0.05, 0) is 35.6 Å². The van der Waals surface area contributed by atoms with Crippen molar-refractivity contribution in [2.24, 2.45) is 11.8 Å². The summed E-state index contributed by atoms with van der Waals surface area (Å²) in [5.41, 5.74) is 1.59. The molecule has 0 aliphatic rings. The number of nitro groups is 1. The number of carbonyl (C=O) groups is 2. The minimum absolute atomic E-state index is 0.0177. The van der Waals surface area contributed by atoms with Crippen LogP contribution in [0.5, 0.6) is 5.75 Å². The number of carbonyl (C=O) groups excluding carboxylic acids is 2. The molecule has 0 bridgehead atoms. The van der Waals surface area contributed by atoms with Gasteiger partial charge in [-0.15, -0.1) is 0 Å². The molecule has 0 amide bonds. The van der Waals surface area contributed by atoms with Crippen LogP contribution < -0.4 is 4.74 Å². The summed E-state index contributed by atoms with van der Waals surface area (Å²) in [5.74, 6) is 0.894. The van der Waals surface area contributed by atoms with Crippen molar-refractivity contribution in [3.63, 3.8) is 0 Å². The van der Waals surface area contributed by atoms with E-state index in [-0.39, 0.29) is 29.7 Å². The molecule has 0 heterocycles. The first-order valence-electron chi connectivity index (χ1n) is 9.44. The molecule has 29 heavy (non-hydrogen) atoms. The largest absolute Gasteiger partial charge is 0.514 e. The fraction of sp³-hybridized carbons (Fsp3) is 0.364. The maximum atomic E-state index is 12.3. The Morgan fingerprint density at radius 3 is 2.10 bits per heavy atom. The van der Waals surface area contributed by atoms with Crippen molar-refractivity contribution >= 4 is 17.6 Å². The number of non-ortho nitro benzene ring substituents is 1. The fourth-order valence-corrected chi connectivity index (χ4v) is 2.87. The van der Waals surface area contributed by atoms with Crippen LogP contribution in [0.2, 0.25) is 0 Å². The summed E-state index contributed by atoms with van der Waals surface area (Å²) in [6.45, 7) is 6.18. The van der Waals surface area contributed by atoms with Gasteiger partial charge >= 0.3 is 6.16 Å². The molecule has 1 atom stereocenters. The molecule has 2 aromatic carbocycles. The standard InChI is InChI=1S/C22H25NO6/c1-15(2)12-16(3)21(24)13-17-4-6-18(7-5-17)14-28-22(25)29-20-10-8-19(9-11-20)23(26)27/h4-11,15-16H,12-14H2,1-3H3/t16-/m1/s1. The van der Waals surface area contributed by atoms with E-state index in [1.54, 1.807) is 12.1 Å². The smallest absolute Gasteiger partial charge is 0.429 e. The van der Waals surface area contributed by atoms with Crippen LogP contribution in [-0.2, 0) is 22.6 Å². The molecule has 2 rings (SSSR count). The fourth-order valence-electron chi connectivity index (χ4n) is 2.87. The van der Waals surface area contributed by atoms with E-state index in [0.29, 0.717) is 12.3 Å². The number of hydrogen-bond donors (Lipinski definition) is 0. The Hall–Kier alpha value is -3.22. The van der Waals surface area contributed by atoms with Crippen molar-refractivity contribution in [3.8, 4) is 5.75 Å². The van der Waals surface area contributed by atoms with Gasteiger partial charge in [0.2, 0.25) is 0 Å². The van der Waals surface area contributed by atoms with E-state index in [1.165, 1.54) is 24.3 Å². The Kier molecular flexibility index (Phi) is 7.88. The Morgan fingerprint density at radius 2 is 1.55 bits per heavy atom. The summed E-state index contributed by atoms with van der Waals surface area (Å²) in [5, 5.41) is 10.6. The first-order chi connectivity index (χ1) is 13.7. The molecule has 0 N–H and O–H groups in total. The van der Waals surface area contributed by atoms with Gasteiger partial charge in [0.15, 0.2) is 0 Å². The van der Waals surface area contributed by atoms with Gasteiger partial charge in [0.1, 0.15) is 18.1 Å². The van der Waals surface area contributed by atoms with Gasteiger partial charge in [0, 0.05) is 24.5 Å². The van der Waals surface area contributed by atoms with Crippen LogP contribution >= 0.6 is 0 Å². The topological polar surface area (TPSA) is 95.7 Å². The van der Waals surface area contributed by atoms with Gasteiger partial charge < -0.3 is 9.47 Å². The van der Waals surface area contributed by atoms with Crippen molar-refractivity contribution < 1.29 is 24.0 Å². The highest BCUT2D eigenvalue weighted by atomic mass is 16.7. The first kappa shape index (κ1) is 22.1. The lowest BCUT2D eigenvalue weighted by atomic mass is 9.91. The molecule has 0 saturated heterocycles. The lowest BCUT2D eigenvalue weighted by Crippen LogP contribution is -2.15. The molecule has 7 heteroatoms. The third-order valence-corrected chi connectivity index (χ3v) is 4.38. The lowest BCUT2D eigenvalue weighted by molar-refractivity contribution is -0.384. The number of ether oxygens (including phenoxy) is 2. The van der Waals surface area contributed by atoms with Crippen LogP contribution in [0.3, 0.4) is 0 Å². The molecule has 154 valence electrons. The lowest BCUT2D eigenvalue weighted by Gasteiger charge is -2.13. The van der Waals surface area contributed by atoms with Crippen LogP contribution in [0, 0.1) is 22.0 Å². The van der Waals surface area contributed by atoms with Gasteiger partial charge in [-0.1, -0.05) is 45.0 Å². The van der Waals surface area contributed by atoms with Crippen LogP contribution in [0.1, 0.15) is 38.3 Å². The van der Waals surface area contributed by atoms with Gasteiger partial charge in [0.05, 0.1) is 4.92 Å². The van der Waals surface area contributed by atoms with E-state index in [4.69, 9.17) is 9.47 Å². The van der Waals surface area contributed by atoms with E-state index >= 15 is 0 Å². The zero-order chi connectivity index (χ0) is 21.4. The van der Waals surface area contributed by atoms with E-state index in [0.717, 1.165) is 17.5 Å². The molecule has 7 nitrogen and oxygen atoms in total. The molecular weight excluding hydrogens is 374 g/mol. The summed E-state index contributed by atoms with van der Waals surface area (Å²) in [4.78, 5) is 34.1. The predicted octanol–water partition coefficient (Wildman–Crippen LogP) is 5.10. The molecule has 0 saturated carbocycles. The highest BCUT2D eigenvalue weighted by Gasteiger charge is 2.15. The highest BCUT2D eigenvalue weighted by molar-refractivity contribution is 5.82. The zero-order valence-corrected chi connectivity index (χ0v) is 16.8. The number of rotatable bonds is 9. The first-order valence-corrected chi connectivity index (χ1v) is 9.44. The molecule has 0 aromatic heterocycles. The van der Waals surface area contributed by atoms with Crippen molar-refractivity contribution in [2.75, 3.05) is 0 Å². The molecule has 0 spiro atoms. The van der Waals surface area contributed by atoms with Gasteiger partial charge in [-0.3, -0.25) is 14.9 Å². The number of hydrogen-bond acceptors (Lipinski definition) is 6. The third-order valence-electron chi connectivity index (χ3n) is 4.38. The number of nitrogens with zero attached hydrogens (tertiary/aromatic N) is 1. The Morgan fingerprint density at radius 1 is 0.966 bits per heavy atom. The van der Waals surface area contributed by atoms with E-state index in [2.05, 4.69) is 13.8 Å².